The second-order valence-corrected chi connectivity index (χ2v) is 9.80. The highest BCUT2D eigenvalue weighted by atomic mass is 16.5. The molecular formula is C31H29NO5. The number of nitrogens with one attached hydrogen (secondary N) is 1. The molecule has 2 atom stereocenters. The average molecular weight is 496 g/mol. The lowest BCUT2D eigenvalue weighted by molar-refractivity contribution is 0.0696. The number of carbonyl (C=O) groups is 1. The highest BCUT2D eigenvalue weighted by Crippen LogP contribution is 2.48. The van der Waals surface area contributed by atoms with Crippen LogP contribution in [0.25, 0.3) is 21.9 Å². The molecule has 0 radical (unpaired) electrons. The maximum absolute atomic E-state index is 11.6. The van der Waals surface area contributed by atoms with Crippen LogP contribution in [0.3, 0.4) is 0 Å². The van der Waals surface area contributed by atoms with Crippen LogP contribution in [0.4, 0.5) is 0 Å². The van der Waals surface area contributed by atoms with Gasteiger partial charge in [0.15, 0.2) is 6.10 Å². The normalized spacial score (nSPS) is 18.5. The monoisotopic (exact) mass is 495 g/mol. The van der Waals surface area contributed by atoms with Crippen molar-refractivity contribution in [3.05, 3.63) is 89.5 Å². The largest absolute Gasteiger partial charge is 0.508 e. The summed E-state index contributed by atoms with van der Waals surface area (Å²) in [7, 11) is 0. The van der Waals surface area contributed by atoms with E-state index in [0.717, 1.165) is 51.7 Å². The lowest BCUT2D eigenvalue weighted by Crippen LogP contribution is -2.35. The minimum absolute atomic E-state index is 0.183. The predicted octanol–water partition coefficient (Wildman–Crippen LogP) is 6.30. The van der Waals surface area contributed by atoms with Gasteiger partial charge in [-0.1, -0.05) is 36.8 Å². The Bertz CT molecular complexity index is 1460. The number of aromatic carboxylic acids is 1. The second kappa shape index (κ2) is 9.79. The summed E-state index contributed by atoms with van der Waals surface area (Å²) in [5.74, 6) is 0.563. The van der Waals surface area contributed by atoms with E-state index in [1.807, 2.05) is 42.5 Å². The molecule has 6 rings (SSSR count). The fraction of sp³-hybridized carbons (Fsp3) is 0.258. The van der Waals surface area contributed by atoms with Gasteiger partial charge in [0.2, 0.25) is 0 Å². The van der Waals surface area contributed by atoms with Crippen molar-refractivity contribution < 1.29 is 24.5 Å². The molecule has 4 aromatic rings. The van der Waals surface area contributed by atoms with E-state index in [0.29, 0.717) is 18.4 Å². The quantitative estimate of drug-likeness (QED) is 0.291. The first kappa shape index (κ1) is 23.4. The van der Waals surface area contributed by atoms with E-state index >= 15 is 0 Å². The second-order valence-electron chi connectivity index (χ2n) is 9.80. The molecule has 4 aromatic carbocycles. The number of ether oxygens (including phenoxy) is 2. The summed E-state index contributed by atoms with van der Waals surface area (Å²) >= 11 is 0. The lowest BCUT2D eigenvalue weighted by Gasteiger charge is -2.31. The molecule has 188 valence electrons. The van der Waals surface area contributed by atoms with Gasteiger partial charge in [0.05, 0.1) is 12.2 Å². The third kappa shape index (κ3) is 4.60. The van der Waals surface area contributed by atoms with Gasteiger partial charge in [0.1, 0.15) is 17.2 Å². The number of aromatic hydroxyl groups is 1. The molecule has 3 N–H and O–H groups in total. The first-order valence-electron chi connectivity index (χ1n) is 12.8. The topological polar surface area (TPSA) is 88.0 Å². The van der Waals surface area contributed by atoms with Crippen molar-refractivity contribution in [2.75, 3.05) is 13.2 Å². The van der Waals surface area contributed by atoms with E-state index in [9.17, 15) is 15.0 Å². The van der Waals surface area contributed by atoms with Crippen LogP contribution < -0.4 is 14.8 Å². The highest BCUT2D eigenvalue weighted by molar-refractivity contribution is 5.96. The number of hydrogen-bond acceptors (Lipinski definition) is 5. The van der Waals surface area contributed by atoms with Crippen molar-refractivity contribution in [3.63, 3.8) is 0 Å². The zero-order valence-electron chi connectivity index (χ0n) is 20.4. The van der Waals surface area contributed by atoms with E-state index in [-0.39, 0.29) is 11.3 Å². The molecule has 1 saturated heterocycles. The fourth-order valence-corrected chi connectivity index (χ4v) is 5.48. The van der Waals surface area contributed by atoms with Crippen LogP contribution in [0.5, 0.6) is 17.2 Å². The number of benzene rings is 4. The Morgan fingerprint density at radius 2 is 1.81 bits per heavy atom. The number of fused-ring (bicyclic) bond motifs is 5. The third-order valence-electron chi connectivity index (χ3n) is 7.40. The van der Waals surface area contributed by atoms with E-state index in [2.05, 4.69) is 5.32 Å². The highest BCUT2D eigenvalue weighted by Gasteiger charge is 2.30. The summed E-state index contributed by atoms with van der Waals surface area (Å²) in [6.45, 7) is 1.76. The summed E-state index contributed by atoms with van der Waals surface area (Å²) in [6, 6.07) is 22.8. The van der Waals surface area contributed by atoms with Crippen LogP contribution in [0.2, 0.25) is 0 Å². The van der Waals surface area contributed by atoms with E-state index < -0.39 is 12.1 Å². The molecule has 2 unspecified atom stereocenters. The van der Waals surface area contributed by atoms with Gasteiger partial charge in [-0.2, -0.15) is 0 Å². The minimum Gasteiger partial charge on any atom is -0.508 e. The Balaban J connectivity index is 1.33. The first-order chi connectivity index (χ1) is 18.1. The zero-order chi connectivity index (χ0) is 25.4. The van der Waals surface area contributed by atoms with Crippen molar-refractivity contribution >= 4 is 16.7 Å². The van der Waals surface area contributed by atoms with E-state index in [1.165, 1.54) is 19.3 Å². The molecular weight excluding hydrogens is 466 g/mol. The van der Waals surface area contributed by atoms with Crippen LogP contribution >= 0.6 is 0 Å². The molecule has 2 heterocycles. The summed E-state index contributed by atoms with van der Waals surface area (Å²) in [5, 5.41) is 25.0. The molecule has 1 fully saturated rings. The van der Waals surface area contributed by atoms with Crippen molar-refractivity contribution in [1.82, 2.24) is 5.32 Å². The molecule has 0 aromatic heterocycles. The Kier molecular flexibility index (Phi) is 6.18. The Labute approximate surface area is 215 Å². The third-order valence-corrected chi connectivity index (χ3v) is 7.40. The standard InChI is InChI=1S/C31H29NO5/c33-23-8-13-25-20(17-23)6-12-27-26-11-7-21(31(34)35)18-28(26)37-30(29(25)27)19-4-9-24(10-5-19)36-16-14-22-3-1-2-15-32-22/h4-13,17-18,22,30,32-33H,1-3,14-16H2,(H,34,35). The summed E-state index contributed by atoms with van der Waals surface area (Å²) in [4.78, 5) is 11.6. The number of phenolic OH excluding ortho intramolecular Hbond substituents is 1. The summed E-state index contributed by atoms with van der Waals surface area (Å²) < 4.78 is 12.5. The van der Waals surface area contributed by atoms with Gasteiger partial charge in [-0.05, 0) is 90.2 Å². The number of hydrogen-bond donors (Lipinski definition) is 3. The lowest BCUT2D eigenvalue weighted by atomic mass is 9.85. The molecule has 37 heavy (non-hydrogen) atoms. The predicted molar refractivity (Wildman–Crippen MR) is 143 cm³/mol. The number of carboxylic acids is 1. The van der Waals surface area contributed by atoms with Gasteiger partial charge < -0.3 is 25.0 Å². The minimum atomic E-state index is -0.993. The summed E-state index contributed by atoms with van der Waals surface area (Å²) in [5.41, 5.74) is 3.95. The maximum atomic E-state index is 11.6. The zero-order valence-corrected chi connectivity index (χ0v) is 20.4. The van der Waals surface area contributed by atoms with Crippen LogP contribution in [0.15, 0.2) is 72.8 Å². The van der Waals surface area contributed by atoms with Gasteiger partial charge in [-0.3, -0.25) is 0 Å². The molecule has 2 aliphatic rings. The smallest absolute Gasteiger partial charge is 0.335 e. The van der Waals surface area contributed by atoms with Gasteiger partial charge >= 0.3 is 5.97 Å². The van der Waals surface area contributed by atoms with Crippen LogP contribution in [0, 0.1) is 0 Å². The summed E-state index contributed by atoms with van der Waals surface area (Å²) in [6.07, 6.45) is 4.28. The number of carboxylic acid groups (broad SMARTS) is 1. The van der Waals surface area contributed by atoms with Crippen molar-refractivity contribution in [1.29, 1.82) is 0 Å². The molecule has 6 nitrogen and oxygen atoms in total. The fourth-order valence-electron chi connectivity index (χ4n) is 5.48. The Hall–Kier alpha value is -4.03. The van der Waals surface area contributed by atoms with Gasteiger partial charge in [-0.15, -0.1) is 0 Å². The number of rotatable bonds is 6. The van der Waals surface area contributed by atoms with Gasteiger partial charge in [-0.25, -0.2) is 4.79 Å². The molecule has 0 aliphatic carbocycles. The molecule has 2 aliphatic heterocycles. The van der Waals surface area contributed by atoms with Crippen LogP contribution in [-0.4, -0.2) is 35.4 Å². The molecule has 0 bridgehead atoms. The molecule has 6 heteroatoms. The molecule has 0 saturated carbocycles. The van der Waals surface area contributed by atoms with Crippen molar-refractivity contribution in [2.24, 2.45) is 0 Å². The van der Waals surface area contributed by atoms with E-state index in [1.54, 1.807) is 30.3 Å². The number of phenols is 1. The SMILES string of the molecule is O=C(O)c1ccc2c(c1)OC(c1ccc(OCCC3CCCCN3)cc1)c1c-2ccc2cc(O)ccc12. The number of piperidine rings is 1. The van der Waals surface area contributed by atoms with Crippen molar-refractivity contribution in [3.8, 4) is 28.4 Å². The van der Waals surface area contributed by atoms with E-state index in [4.69, 9.17) is 9.47 Å². The van der Waals surface area contributed by atoms with Gasteiger partial charge in [0, 0.05) is 17.2 Å². The Morgan fingerprint density at radius 1 is 0.973 bits per heavy atom. The van der Waals surface area contributed by atoms with Gasteiger partial charge in [0.25, 0.3) is 0 Å². The van der Waals surface area contributed by atoms with Crippen LogP contribution in [0.1, 0.15) is 53.3 Å². The molecule has 0 spiro atoms. The Morgan fingerprint density at radius 3 is 2.59 bits per heavy atom. The molecule has 0 amide bonds. The van der Waals surface area contributed by atoms with Crippen molar-refractivity contribution in [2.45, 2.75) is 37.8 Å². The maximum Gasteiger partial charge on any atom is 0.335 e. The average Bonchev–Trinajstić information content (AvgIpc) is 2.92. The van der Waals surface area contributed by atoms with Crippen LogP contribution in [-0.2, 0) is 0 Å². The first-order valence-corrected chi connectivity index (χ1v) is 12.8.